The molecule has 5 rings (SSSR count). The van der Waals surface area contributed by atoms with Crippen LogP contribution in [0.3, 0.4) is 0 Å². The van der Waals surface area contributed by atoms with E-state index in [1.54, 1.807) is 28.8 Å². The molecule has 0 bridgehead atoms. The lowest BCUT2D eigenvalue weighted by molar-refractivity contribution is -0.121. The highest BCUT2D eigenvalue weighted by atomic mass is 32.2. The molecule has 3 aromatic rings. The number of nitrogens with one attached hydrogen (secondary N) is 1. The highest BCUT2D eigenvalue weighted by molar-refractivity contribution is 7.99. The number of aromatic hydroxyl groups is 1. The average molecular weight is 513 g/mol. The van der Waals surface area contributed by atoms with Crippen LogP contribution in [-0.2, 0) is 11.2 Å². The average Bonchev–Trinajstić information content (AvgIpc) is 2.86. The van der Waals surface area contributed by atoms with Crippen LogP contribution in [0.2, 0.25) is 0 Å². The molecule has 190 valence electrons. The second-order valence-electron chi connectivity index (χ2n) is 9.62. The van der Waals surface area contributed by atoms with E-state index in [4.69, 9.17) is 0 Å². The van der Waals surface area contributed by atoms with Gasteiger partial charge in [-0.1, -0.05) is 12.1 Å². The molecule has 2 aliphatic rings. The number of thioether (sulfide) groups is 1. The zero-order valence-electron chi connectivity index (χ0n) is 19.9. The number of phenolic OH excluding ortho intramolecular Hbond substituents is 1. The molecule has 1 aliphatic heterocycles. The lowest BCUT2D eigenvalue weighted by atomic mass is 9.90. The number of fused-ring (bicyclic) bond motifs is 1. The molecule has 2 N–H and O–H groups in total. The highest BCUT2D eigenvalue weighted by Crippen LogP contribution is 2.30. The molecule has 10 heteroatoms. The molecule has 1 saturated carbocycles. The van der Waals surface area contributed by atoms with Gasteiger partial charge in [0.05, 0.1) is 18.0 Å². The maximum Gasteiger partial charge on any atom is 0.333 e. The Balaban J connectivity index is 1.36. The second-order valence-corrected chi connectivity index (χ2v) is 10.8. The third kappa shape index (κ3) is 5.04. The van der Waals surface area contributed by atoms with Crippen molar-refractivity contribution >= 4 is 28.7 Å². The van der Waals surface area contributed by atoms with Gasteiger partial charge in [0, 0.05) is 18.1 Å². The molecule has 0 radical (unpaired) electrons. The normalized spacial score (nSPS) is 20.9. The number of carbonyl (C=O) groups is 1. The number of pyridine rings is 1. The molecular formula is C26H29FN4O4S. The van der Waals surface area contributed by atoms with E-state index in [1.165, 1.54) is 10.6 Å². The Morgan fingerprint density at radius 1 is 1.06 bits per heavy atom. The Kier molecular flexibility index (Phi) is 7.13. The number of carbonyl (C=O) groups excluding carboxylic acids is 1. The van der Waals surface area contributed by atoms with E-state index in [-0.39, 0.29) is 52.9 Å². The molecule has 2 fully saturated rings. The molecule has 36 heavy (non-hydrogen) atoms. The predicted octanol–water partition coefficient (Wildman–Crippen LogP) is 3.31. The summed E-state index contributed by atoms with van der Waals surface area (Å²) < 4.78 is 17.0. The summed E-state index contributed by atoms with van der Waals surface area (Å²) in [5.41, 5.74) is 0.110. The van der Waals surface area contributed by atoms with Gasteiger partial charge in [-0.25, -0.2) is 14.2 Å². The highest BCUT2D eigenvalue weighted by Gasteiger charge is 2.29. The van der Waals surface area contributed by atoms with Gasteiger partial charge in [-0.15, -0.1) is 0 Å². The quantitative estimate of drug-likeness (QED) is 0.543. The number of benzene rings is 1. The van der Waals surface area contributed by atoms with E-state index in [0.717, 1.165) is 36.1 Å². The molecule has 1 amide bonds. The number of hydrogen-bond donors (Lipinski definition) is 2. The summed E-state index contributed by atoms with van der Waals surface area (Å²) in [7, 11) is 0. The van der Waals surface area contributed by atoms with Crippen LogP contribution in [0.4, 0.5) is 4.39 Å². The molecule has 3 heterocycles. The smallest absolute Gasteiger partial charge is 0.333 e. The van der Waals surface area contributed by atoms with Gasteiger partial charge in [0.2, 0.25) is 5.91 Å². The topological polar surface area (TPSA) is 106 Å². The summed E-state index contributed by atoms with van der Waals surface area (Å²) in [4.78, 5) is 43.7. The summed E-state index contributed by atoms with van der Waals surface area (Å²) in [6, 6.07) is 7.35. The number of hydrogen-bond acceptors (Lipinski definition) is 6. The van der Waals surface area contributed by atoms with Gasteiger partial charge in [0.15, 0.2) is 0 Å². The van der Waals surface area contributed by atoms with Crippen LogP contribution in [0.25, 0.3) is 11.0 Å². The van der Waals surface area contributed by atoms with E-state index in [0.29, 0.717) is 25.7 Å². The third-order valence-corrected chi connectivity index (χ3v) is 8.23. The van der Waals surface area contributed by atoms with Crippen LogP contribution in [-0.4, -0.2) is 42.7 Å². The molecule has 1 aliphatic carbocycles. The second kappa shape index (κ2) is 10.5. The Hall–Kier alpha value is -3.14. The molecule has 1 saturated heterocycles. The predicted molar refractivity (Wildman–Crippen MR) is 137 cm³/mol. The van der Waals surface area contributed by atoms with E-state index >= 15 is 0 Å². The van der Waals surface area contributed by atoms with Gasteiger partial charge in [-0.3, -0.25) is 18.7 Å². The number of rotatable bonds is 5. The first-order valence-electron chi connectivity index (χ1n) is 12.4. The van der Waals surface area contributed by atoms with Gasteiger partial charge in [0.1, 0.15) is 17.2 Å². The fraction of sp³-hybridized carbons (Fsp3) is 0.462. The van der Waals surface area contributed by atoms with Gasteiger partial charge in [-0.05, 0) is 73.8 Å². The van der Waals surface area contributed by atoms with Gasteiger partial charge in [-0.2, -0.15) is 11.8 Å². The molecular weight excluding hydrogens is 483 g/mol. The fourth-order valence-electron chi connectivity index (χ4n) is 5.41. The van der Waals surface area contributed by atoms with Crippen molar-refractivity contribution < 1.29 is 14.3 Å². The van der Waals surface area contributed by atoms with Crippen molar-refractivity contribution in [2.75, 3.05) is 11.5 Å². The molecule has 0 spiro atoms. The van der Waals surface area contributed by atoms with Crippen LogP contribution in [0.15, 0.2) is 46.1 Å². The maximum atomic E-state index is 14.1. The van der Waals surface area contributed by atoms with Crippen molar-refractivity contribution in [3.05, 3.63) is 68.7 Å². The number of nitrogens with zero attached hydrogens (tertiary/aromatic N) is 3. The lowest BCUT2D eigenvalue weighted by Gasteiger charge is -2.31. The molecule has 0 unspecified atom stereocenters. The number of amides is 1. The minimum absolute atomic E-state index is 0.0566. The van der Waals surface area contributed by atoms with E-state index in [1.807, 2.05) is 11.8 Å². The number of halogens is 1. The van der Waals surface area contributed by atoms with Gasteiger partial charge in [0.25, 0.3) is 5.56 Å². The zero-order valence-corrected chi connectivity index (χ0v) is 20.7. The van der Waals surface area contributed by atoms with Crippen LogP contribution < -0.4 is 16.6 Å². The molecule has 2 aromatic heterocycles. The zero-order chi connectivity index (χ0) is 25.2. The molecule has 0 atom stereocenters. The van der Waals surface area contributed by atoms with Crippen LogP contribution in [0.1, 0.15) is 56.2 Å². The Morgan fingerprint density at radius 2 is 1.78 bits per heavy atom. The van der Waals surface area contributed by atoms with E-state index in [2.05, 4.69) is 10.3 Å². The summed E-state index contributed by atoms with van der Waals surface area (Å²) in [6.45, 7) is 0. The lowest BCUT2D eigenvalue weighted by Crippen LogP contribution is -2.46. The maximum absolute atomic E-state index is 14.1. The Labute approximate surface area is 211 Å². The standard InChI is InChI=1S/C26H29FN4O4S/c27-17-14-22-24(28-15-17)30(20-8-10-36-11-9-20)26(35)31(25(22)34)19-6-4-18(5-7-19)29-23(33)13-16-2-1-3-21(32)12-16/h1-3,12,14-15,18-20,32H,4-11,13H2,(H,29,33)/t18-,19+. The first-order valence-corrected chi connectivity index (χ1v) is 13.5. The van der Waals surface area contributed by atoms with Crippen molar-refractivity contribution in [1.82, 2.24) is 19.4 Å². The summed E-state index contributed by atoms with van der Waals surface area (Å²) in [5.74, 6) is 1.23. The van der Waals surface area contributed by atoms with Gasteiger partial charge >= 0.3 is 5.69 Å². The van der Waals surface area contributed by atoms with Crippen molar-refractivity contribution in [1.29, 1.82) is 0 Å². The van der Waals surface area contributed by atoms with Crippen molar-refractivity contribution in [3.63, 3.8) is 0 Å². The Bertz CT molecular complexity index is 1390. The van der Waals surface area contributed by atoms with Crippen molar-refractivity contribution in [2.45, 2.75) is 63.1 Å². The fourth-order valence-corrected chi connectivity index (χ4v) is 6.49. The van der Waals surface area contributed by atoms with Crippen LogP contribution >= 0.6 is 11.8 Å². The van der Waals surface area contributed by atoms with Crippen molar-refractivity contribution in [3.8, 4) is 5.75 Å². The van der Waals surface area contributed by atoms with Gasteiger partial charge < -0.3 is 10.4 Å². The van der Waals surface area contributed by atoms with Crippen LogP contribution in [0, 0.1) is 5.82 Å². The SMILES string of the molecule is O=C(Cc1cccc(O)c1)N[C@H]1CC[C@@H](n2c(=O)c3cc(F)cnc3n(C3CCSCC3)c2=O)CC1. The largest absolute Gasteiger partial charge is 0.508 e. The third-order valence-electron chi connectivity index (χ3n) is 7.18. The monoisotopic (exact) mass is 512 g/mol. The first kappa shape index (κ1) is 24.5. The Morgan fingerprint density at radius 3 is 2.50 bits per heavy atom. The molecule has 8 nitrogen and oxygen atoms in total. The number of phenols is 1. The summed E-state index contributed by atoms with van der Waals surface area (Å²) >= 11 is 1.84. The van der Waals surface area contributed by atoms with E-state index < -0.39 is 11.4 Å². The molecule has 1 aromatic carbocycles. The van der Waals surface area contributed by atoms with E-state index in [9.17, 15) is 23.9 Å². The van der Waals surface area contributed by atoms with Crippen LogP contribution in [0.5, 0.6) is 5.75 Å². The minimum Gasteiger partial charge on any atom is -0.508 e. The minimum atomic E-state index is -0.603. The number of aromatic nitrogens is 3. The summed E-state index contributed by atoms with van der Waals surface area (Å²) in [6.07, 6.45) is 5.20. The summed E-state index contributed by atoms with van der Waals surface area (Å²) in [5, 5.41) is 12.8. The van der Waals surface area contributed by atoms with Crippen molar-refractivity contribution in [2.24, 2.45) is 0 Å². The first-order chi connectivity index (χ1) is 17.4.